The summed E-state index contributed by atoms with van der Waals surface area (Å²) < 4.78 is 0. The SMILES string of the molecule is NC(=O)N1CCCC(C(=O)N[C@H]2CCCC[C@@H]2O)C1. The lowest BCUT2D eigenvalue weighted by molar-refractivity contribution is -0.128. The number of aliphatic hydroxyl groups is 1. The maximum Gasteiger partial charge on any atom is 0.314 e. The largest absolute Gasteiger partial charge is 0.391 e. The number of carbonyl (C=O) groups excluding carboxylic acids is 2. The van der Waals surface area contributed by atoms with E-state index in [0.717, 1.165) is 38.5 Å². The van der Waals surface area contributed by atoms with Gasteiger partial charge in [-0.25, -0.2) is 4.79 Å². The molecule has 108 valence electrons. The van der Waals surface area contributed by atoms with Crippen molar-refractivity contribution in [2.75, 3.05) is 13.1 Å². The van der Waals surface area contributed by atoms with Gasteiger partial charge in [0.05, 0.1) is 18.1 Å². The molecule has 0 spiro atoms. The Morgan fingerprint density at radius 3 is 2.58 bits per heavy atom. The number of nitrogens with two attached hydrogens (primary N) is 1. The van der Waals surface area contributed by atoms with Crippen LogP contribution in [-0.4, -0.2) is 47.2 Å². The average Bonchev–Trinajstić information content (AvgIpc) is 2.41. The molecule has 0 aromatic heterocycles. The van der Waals surface area contributed by atoms with Gasteiger partial charge in [-0.15, -0.1) is 0 Å². The van der Waals surface area contributed by atoms with E-state index in [-0.39, 0.29) is 17.9 Å². The van der Waals surface area contributed by atoms with Gasteiger partial charge in [0.2, 0.25) is 5.91 Å². The van der Waals surface area contributed by atoms with Gasteiger partial charge in [0.25, 0.3) is 0 Å². The number of carbonyl (C=O) groups is 2. The van der Waals surface area contributed by atoms with E-state index in [1.165, 1.54) is 4.90 Å². The van der Waals surface area contributed by atoms with E-state index >= 15 is 0 Å². The van der Waals surface area contributed by atoms with E-state index in [1.54, 1.807) is 0 Å². The fourth-order valence-corrected chi connectivity index (χ4v) is 2.97. The Bertz CT molecular complexity index is 348. The number of primary amides is 1. The highest BCUT2D eigenvalue weighted by Crippen LogP contribution is 2.21. The fourth-order valence-electron chi connectivity index (χ4n) is 2.97. The first-order valence-corrected chi connectivity index (χ1v) is 7.10. The van der Waals surface area contributed by atoms with Crippen molar-refractivity contribution < 1.29 is 14.7 Å². The summed E-state index contributed by atoms with van der Waals surface area (Å²) in [5, 5.41) is 12.8. The molecule has 4 N–H and O–H groups in total. The second-order valence-electron chi connectivity index (χ2n) is 5.59. The van der Waals surface area contributed by atoms with Crippen LogP contribution in [0.3, 0.4) is 0 Å². The molecule has 19 heavy (non-hydrogen) atoms. The minimum atomic E-state index is -0.463. The van der Waals surface area contributed by atoms with Crippen LogP contribution in [0.5, 0.6) is 0 Å². The zero-order chi connectivity index (χ0) is 13.8. The molecular weight excluding hydrogens is 246 g/mol. The second kappa shape index (κ2) is 6.23. The third-order valence-electron chi connectivity index (χ3n) is 4.16. The zero-order valence-corrected chi connectivity index (χ0v) is 11.2. The first kappa shape index (κ1) is 14.1. The van der Waals surface area contributed by atoms with Gasteiger partial charge < -0.3 is 21.1 Å². The van der Waals surface area contributed by atoms with Gasteiger partial charge in [-0.1, -0.05) is 12.8 Å². The number of urea groups is 1. The molecule has 1 heterocycles. The number of likely N-dealkylation sites (tertiary alicyclic amines) is 1. The number of aliphatic hydroxyl groups excluding tert-OH is 1. The summed E-state index contributed by atoms with van der Waals surface area (Å²) in [4.78, 5) is 24.8. The van der Waals surface area contributed by atoms with Crippen LogP contribution < -0.4 is 11.1 Å². The number of piperidine rings is 1. The Labute approximate surface area is 113 Å². The zero-order valence-electron chi connectivity index (χ0n) is 11.2. The molecule has 2 aliphatic rings. The number of hydrogen-bond donors (Lipinski definition) is 3. The van der Waals surface area contributed by atoms with Crippen molar-refractivity contribution in [2.24, 2.45) is 11.7 Å². The molecule has 0 radical (unpaired) electrons. The third-order valence-corrected chi connectivity index (χ3v) is 4.16. The first-order chi connectivity index (χ1) is 9.08. The normalized spacial score (nSPS) is 31.8. The molecule has 3 atom stereocenters. The monoisotopic (exact) mass is 269 g/mol. The van der Waals surface area contributed by atoms with Crippen molar-refractivity contribution in [1.82, 2.24) is 10.2 Å². The predicted molar refractivity (Wildman–Crippen MR) is 70.3 cm³/mol. The Morgan fingerprint density at radius 2 is 1.89 bits per heavy atom. The van der Waals surface area contributed by atoms with Crippen LogP contribution in [0, 0.1) is 5.92 Å². The average molecular weight is 269 g/mol. The lowest BCUT2D eigenvalue weighted by atomic mass is 9.91. The maximum absolute atomic E-state index is 12.2. The lowest BCUT2D eigenvalue weighted by Gasteiger charge is -2.33. The number of amides is 3. The van der Waals surface area contributed by atoms with Gasteiger partial charge in [0.1, 0.15) is 0 Å². The van der Waals surface area contributed by atoms with Crippen LogP contribution in [0.25, 0.3) is 0 Å². The van der Waals surface area contributed by atoms with Gasteiger partial charge in [0, 0.05) is 13.1 Å². The molecule has 2 fully saturated rings. The van der Waals surface area contributed by atoms with Gasteiger partial charge in [-0.2, -0.15) is 0 Å². The van der Waals surface area contributed by atoms with E-state index in [1.807, 2.05) is 0 Å². The molecule has 1 aliphatic carbocycles. The highest BCUT2D eigenvalue weighted by molar-refractivity contribution is 5.80. The van der Waals surface area contributed by atoms with Crippen LogP contribution in [0.1, 0.15) is 38.5 Å². The Hall–Kier alpha value is -1.30. The Kier molecular flexibility index (Phi) is 4.63. The number of nitrogens with one attached hydrogen (secondary N) is 1. The Balaban J connectivity index is 1.86. The first-order valence-electron chi connectivity index (χ1n) is 7.10. The van der Waals surface area contributed by atoms with E-state index in [2.05, 4.69) is 5.32 Å². The van der Waals surface area contributed by atoms with E-state index in [4.69, 9.17) is 5.73 Å². The summed E-state index contributed by atoms with van der Waals surface area (Å²) in [6.45, 7) is 1.02. The second-order valence-corrected chi connectivity index (χ2v) is 5.59. The maximum atomic E-state index is 12.2. The van der Waals surface area contributed by atoms with Crippen molar-refractivity contribution >= 4 is 11.9 Å². The molecule has 3 amide bonds. The van der Waals surface area contributed by atoms with Crippen molar-refractivity contribution in [2.45, 2.75) is 50.7 Å². The summed E-state index contributed by atoms with van der Waals surface area (Å²) >= 11 is 0. The minimum absolute atomic E-state index is 0.0584. The molecule has 0 aromatic rings. The topological polar surface area (TPSA) is 95.7 Å². The molecule has 0 bridgehead atoms. The molecule has 6 nitrogen and oxygen atoms in total. The minimum Gasteiger partial charge on any atom is -0.391 e. The van der Waals surface area contributed by atoms with E-state index < -0.39 is 12.1 Å². The molecular formula is C13H23N3O3. The Morgan fingerprint density at radius 1 is 1.16 bits per heavy atom. The van der Waals surface area contributed by atoms with Crippen LogP contribution in [-0.2, 0) is 4.79 Å². The highest BCUT2D eigenvalue weighted by atomic mass is 16.3. The fraction of sp³-hybridized carbons (Fsp3) is 0.846. The highest BCUT2D eigenvalue weighted by Gasteiger charge is 2.31. The van der Waals surface area contributed by atoms with Crippen molar-refractivity contribution in [3.8, 4) is 0 Å². The van der Waals surface area contributed by atoms with Crippen molar-refractivity contribution in [3.05, 3.63) is 0 Å². The van der Waals surface area contributed by atoms with Gasteiger partial charge in [-0.05, 0) is 25.7 Å². The number of rotatable bonds is 2. The van der Waals surface area contributed by atoms with Gasteiger partial charge in [-0.3, -0.25) is 4.79 Å². The van der Waals surface area contributed by atoms with Crippen molar-refractivity contribution in [3.63, 3.8) is 0 Å². The molecule has 0 aromatic carbocycles. The quantitative estimate of drug-likeness (QED) is 0.668. The number of hydrogen-bond acceptors (Lipinski definition) is 3. The number of nitrogens with zero attached hydrogens (tertiary/aromatic N) is 1. The van der Waals surface area contributed by atoms with Crippen LogP contribution in [0.15, 0.2) is 0 Å². The lowest BCUT2D eigenvalue weighted by Crippen LogP contribution is -2.51. The molecule has 2 rings (SSSR count). The summed E-state index contributed by atoms with van der Waals surface area (Å²) in [5.74, 6) is -0.257. The van der Waals surface area contributed by atoms with Gasteiger partial charge >= 0.3 is 6.03 Å². The summed E-state index contributed by atoms with van der Waals surface area (Å²) in [6.07, 6.45) is 4.79. The van der Waals surface area contributed by atoms with E-state index in [0.29, 0.717) is 13.1 Å². The molecule has 1 aliphatic heterocycles. The molecule has 1 unspecified atom stereocenters. The summed E-state index contributed by atoms with van der Waals surface area (Å²) in [7, 11) is 0. The van der Waals surface area contributed by atoms with E-state index in [9.17, 15) is 14.7 Å². The smallest absolute Gasteiger partial charge is 0.314 e. The molecule has 1 saturated heterocycles. The van der Waals surface area contributed by atoms with Crippen LogP contribution in [0.4, 0.5) is 4.79 Å². The van der Waals surface area contributed by atoms with Gasteiger partial charge in [0.15, 0.2) is 0 Å². The molecule has 1 saturated carbocycles. The van der Waals surface area contributed by atoms with Crippen LogP contribution in [0.2, 0.25) is 0 Å². The molecule has 6 heteroatoms. The predicted octanol–water partition coefficient (Wildman–Crippen LogP) is 0.197. The summed E-state index contributed by atoms with van der Waals surface area (Å²) in [6, 6.07) is -0.597. The standard InChI is InChI=1S/C13H23N3O3/c14-13(19)16-7-3-4-9(8-16)12(18)15-10-5-1-2-6-11(10)17/h9-11,17H,1-8H2,(H2,14,19)(H,15,18)/t9?,10-,11-/m0/s1. The van der Waals surface area contributed by atoms with Crippen molar-refractivity contribution in [1.29, 1.82) is 0 Å². The van der Waals surface area contributed by atoms with Crippen LogP contribution >= 0.6 is 0 Å². The third kappa shape index (κ3) is 3.59. The summed E-state index contributed by atoms with van der Waals surface area (Å²) in [5.41, 5.74) is 5.25.